The molecule has 322 valence electrons. The predicted molar refractivity (Wildman–Crippen MR) is 291 cm³/mol. The van der Waals surface area contributed by atoms with Gasteiger partial charge in [0.15, 0.2) is 17.5 Å². The van der Waals surface area contributed by atoms with E-state index in [4.69, 9.17) is 19.4 Å². The average Bonchev–Trinajstić information content (AvgIpc) is 4.12. The first-order chi connectivity index (χ1) is 34.2. The zero-order valence-electron chi connectivity index (χ0n) is 36.9. The largest absolute Gasteiger partial charge is 0.456 e. The Morgan fingerprint density at radius 3 is 1.57 bits per heavy atom. The molecule has 0 unspecified atom stereocenters. The minimum Gasteiger partial charge on any atom is -0.456 e. The molecule has 4 heterocycles. The van der Waals surface area contributed by atoms with E-state index in [1.807, 2.05) is 46.9 Å². The smallest absolute Gasteiger partial charge is 0.164 e. The van der Waals surface area contributed by atoms with Crippen molar-refractivity contribution in [2.75, 3.05) is 0 Å². The Morgan fingerprint density at radius 2 is 0.841 bits per heavy atom. The summed E-state index contributed by atoms with van der Waals surface area (Å²) in [4.78, 5) is 15.9. The average molecular weight is 916 g/mol. The Balaban J connectivity index is 0.987. The van der Waals surface area contributed by atoms with Crippen molar-refractivity contribution >= 4 is 85.0 Å². The van der Waals surface area contributed by atoms with Gasteiger partial charge in [-0.1, -0.05) is 170 Å². The Bertz CT molecular complexity index is 4220. The number of aromatic nitrogens is 3. The van der Waals surface area contributed by atoms with Crippen molar-refractivity contribution in [1.82, 2.24) is 15.0 Å². The Hall–Kier alpha value is -8.55. The van der Waals surface area contributed by atoms with E-state index in [0.29, 0.717) is 17.5 Å². The highest BCUT2D eigenvalue weighted by molar-refractivity contribution is 7.26. The van der Waals surface area contributed by atoms with E-state index < -0.39 is 0 Å². The summed E-state index contributed by atoms with van der Waals surface area (Å²) in [7, 11) is 0. The normalized spacial score (nSPS) is 11.8. The van der Waals surface area contributed by atoms with Crippen LogP contribution in [0.25, 0.3) is 141 Å². The maximum atomic E-state index is 6.73. The van der Waals surface area contributed by atoms with Crippen LogP contribution in [0.1, 0.15) is 0 Å². The summed E-state index contributed by atoms with van der Waals surface area (Å²) in [5.41, 5.74) is 13.4. The van der Waals surface area contributed by atoms with E-state index in [1.54, 1.807) is 0 Å². The van der Waals surface area contributed by atoms with Crippen molar-refractivity contribution in [2.45, 2.75) is 0 Å². The van der Waals surface area contributed by atoms with Crippen LogP contribution < -0.4 is 0 Å². The first-order valence-electron chi connectivity index (χ1n) is 23.1. The van der Waals surface area contributed by atoms with Gasteiger partial charge in [0.1, 0.15) is 11.2 Å². The Morgan fingerprint density at radius 1 is 0.275 bits per heavy atom. The van der Waals surface area contributed by atoms with E-state index in [0.717, 1.165) is 66.4 Å². The number of rotatable bonds is 7. The molecule has 4 aromatic heterocycles. The molecule has 0 saturated carbocycles. The van der Waals surface area contributed by atoms with E-state index in [1.165, 1.54) is 57.0 Å². The number of furan rings is 1. The number of hydrogen-bond donors (Lipinski definition) is 0. The van der Waals surface area contributed by atoms with Gasteiger partial charge >= 0.3 is 0 Å². The second-order valence-electron chi connectivity index (χ2n) is 17.5. The van der Waals surface area contributed by atoms with Crippen molar-refractivity contribution in [3.05, 3.63) is 224 Å². The lowest BCUT2D eigenvalue weighted by Gasteiger charge is -2.14. The summed E-state index contributed by atoms with van der Waals surface area (Å²) >= 11 is 3.70. The molecule has 0 atom stereocenters. The fraction of sp³-hybridized carbons (Fsp3) is 0. The zero-order chi connectivity index (χ0) is 45.4. The van der Waals surface area contributed by atoms with Crippen molar-refractivity contribution in [1.29, 1.82) is 0 Å². The van der Waals surface area contributed by atoms with Crippen LogP contribution in [0.5, 0.6) is 0 Å². The van der Waals surface area contributed by atoms with Gasteiger partial charge in [0, 0.05) is 67.8 Å². The van der Waals surface area contributed by atoms with Gasteiger partial charge in [0.05, 0.1) is 0 Å². The molecule has 0 fully saturated rings. The summed E-state index contributed by atoms with van der Waals surface area (Å²) in [6.45, 7) is 0. The third-order valence-electron chi connectivity index (χ3n) is 13.3. The van der Waals surface area contributed by atoms with Crippen molar-refractivity contribution in [3.8, 4) is 78.7 Å². The monoisotopic (exact) mass is 915 g/mol. The lowest BCUT2D eigenvalue weighted by Crippen LogP contribution is -2.00. The van der Waals surface area contributed by atoms with Gasteiger partial charge in [0.25, 0.3) is 0 Å². The molecule has 10 aromatic carbocycles. The number of hydrogen-bond acceptors (Lipinski definition) is 6. The molecule has 0 radical (unpaired) electrons. The minimum atomic E-state index is 0.576. The Kier molecular flexibility index (Phi) is 9.22. The molecular formula is C63H37N3OS2. The molecule has 0 aliphatic carbocycles. The van der Waals surface area contributed by atoms with Crippen molar-refractivity contribution < 1.29 is 4.42 Å². The predicted octanol–water partition coefficient (Wildman–Crippen LogP) is 18.2. The molecule has 0 amide bonds. The summed E-state index contributed by atoms with van der Waals surface area (Å²) < 4.78 is 11.8. The summed E-state index contributed by atoms with van der Waals surface area (Å²) in [6.07, 6.45) is 0. The standard InChI is InChI=1S/C63H37N3OS2/c1-3-14-38(15-4-1)40-18-11-20-44(34-40)61-64-62(45-21-12-19-41(35-45)39-16-5-2-6-17-39)66-63(65-61)50-24-13-25-53-59(50)51-36-43(29-32-52(51)67-53)58-46(31-33-56-60(58)49-23-8-10-27-55(49)68-56)42-28-30-48-47-22-7-9-26-54(47)69-57(48)37-42/h1-37H. The highest BCUT2D eigenvalue weighted by Gasteiger charge is 2.22. The molecule has 0 aliphatic heterocycles. The quantitative estimate of drug-likeness (QED) is 0.160. The van der Waals surface area contributed by atoms with Crippen LogP contribution in [0.4, 0.5) is 0 Å². The molecule has 0 spiro atoms. The lowest BCUT2D eigenvalue weighted by atomic mass is 9.89. The van der Waals surface area contributed by atoms with Gasteiger partial charge in [-0.15, -0.1) is 22.7 Å². The fourth-order valence-electron chi connectivity index (χ4n) is 10.1. The molecule has 69 heavy (non-hydrogen) atoms. The van der Waals surface area contributed by atoms with Crippen LogP contribution in [0.2, 0.25) is 0 Å². The number of nitrogens with zero attached hydrogens (tertiary/aromatic N) is 3. The maximum Gasteiger partial charge on any atom is 0.164 e. The van der Waals surface area contributed by atoms with Gasteiger partial charge in [0.2, 0.25) is 0 Å². The molecule has 0 aliphatic rings. The number of fused-ring (bicyclic) bond motifs is 9. The highest BCUT2D eigenvalue weighted by Crippen LogP contribution is 2.48. The third kappa shape index (κ3) is 6.75. The zero-order valence-corrected chi connectivity index (χ0v) is 38.6. The van der Waals surface area contributed by atoms with Gasteiger partial charge in [-0.05, 0) is 99.1 Å². The Labute approximate surface area is 405 Å². The van der Waals surface area contributed by atoms with Crippen LogP contribution in [0, 0.1) is 0 Å². The van der Waals surface area contributed by atoms with Crippen molar-refractivity contribution in [2.24, 2.45) is 0 Å². The van der Waals surface area contributed by atoms with Crippen LogP contribution in [-0.2, 0) is 0 Å². The first kappa shape index (κ1) is 39.6. The lowest BCUT2D eigenvalue weighted by molar-refractivity contribution is 0.669. The second kappa shape index (κ2) is 16.1. The van der Waals surface area contributed by atoms with E-state index >= 15 is 0 Å². The molecule has 4 nitrogen and oxygen atoms in total. The molecule has 0 saturated heterocycles. The molecular weight excluding hydrogens is 879 g/mol. The van der Waals surface area contributed by atoms with Gasteiger partial charge in [-0.2, -0.15) is 0 Å². The van der Waals surface area contributed by atoms with Crippen LogP contribution in [-0.4, -0.2) is 15.0 Å². The van der Waals surface area contributed by atoms with E-state index in [9.17, 15) is 0 Å². The first-order valence-corrected chi connectivity index (χ1v) is 24.7. The van der Waals surface area contributed by atoms with Crippen LogP contribution in [0.15, 0.2) is 229 Å². The molecule has 0 bridgehead atoms. The molecule has 14 rings (SSSR count). The summed E-state index contributed by atoms with van der Waals surface area (Å²) in [5.74, 6) is 1.77. The topological polar surface area (TPSA) is 51.8 Å². The molecule has 6 heteroatoms. The summed E-state index contributed by atoms with van der Waals surface area (Å²) in [6, 6.07) is 79.8. The maximum absolute atomic E-state index is 6.73. The van der Waals surface area contributed by atoms with E-state index in [2.05, 4.69) is 200 Å². The highest BCUT2D eigenvalue weighted by atomic mass is 32.1. The number of benzene rings is 10. The molecule has 0 N–H and O–H groups in total. The van der Waals surface area contributed by atoms with Crippen LogP contribution in [0.3, 0.4) is 0 Å². The van der Waals surface area contributed by atoms with Crippen molar-refractivity contribution in [3.63, 3.8) is 0 Å². The van der Waals surface area contributed by atoms with Gasteiger partial charge in [-0.3, -0.25) is 0 Å². The molecule has 14 aromatic rings. The minimum absolute atomic E-state index is 0.576. The SMILES string of the molecule is c1ccc(-c2cccc(-c3nc(-c4cccc(-c5ccccc5)c4)nc(-c4cccc5oc6ccc(-c7c(-c8ccc9c(c8)sc8ccccc89)ccc8sc9ccccc9c78)cc6c45)n3)c2)cc1. The fourth-order valence-corrected chi connectivity index (χ4v) is 12.4. The number of thiophene rings is 2. The second-order valence-corrected chi connectivity index (χ2v) is 19.6. The van der Waals surface area contributed by atoms with Gasteiger partial charge in [-0.25, -0.2) is 15.0 Å². The van der Waals surface area contributed by atoms with Crippen LogP contribution >= 0.6 is 22.7 Å². The third-order valence-corrected chi connectivity index (χ3v) is 15.6. The van der Waals surface area contributed by atoms with Gasteiger partial charge < -0.3 is 4.42 Å². The van der Waals surface area contributed by atoms with E-state index in [-0.39, 0.29) is 0 Å². The summed E-state index contributed by atoms with van der Waals surface area (Å²) in [5, 5.41) is 7.08.